The van der Waals surface area contributed by atoms with Gasteiger partial charge in [0.2, 0.25) is 5.91 Å². The molecular weight excluding hydrogens is 188 g/mol. The van der Waals surface area contributed by atoms with Crippen LogP contribution in [0, 0.1) is 5.92 Å². The molecule has 2 aliphatic heterocycles. The first-order chi connectivity index (χ1) is 7.27. The third kappa shape index (κ3) is 1.16. The smallest absolute Gasteiger partial charge is 0.247 e. The molecule has 0 radical (unpaired) electrons. The van der Waals surface area contributed by atoms with Crippen LogP contribution in [0.15, 0.2) is 24.3 Å². The number of hydrogen-bond acceptors (Lipinski definition) is 2. The van der Waals surface area contributed by atoms with Crippen molar-refractivity contribution in [1.29, 1.82) is 0 Å². The van der Waals surface area contributed by atoms with Gasteiger partial charge in [0, 0.05) is 6.54 Å². The lowest BCUT2D eigenvalue weighted by molar-refractivity contribution is -0.118. The van der Waals surface area contributed by atoms with Crippen LogP contribution >= 0.6 is 0 Å². The first-order valence-electron chi connectivity index (χ1n) is 5.44. The number of amides is 1. The molecule has 1 N–H and O–H groups in total. The highest BCUT2D eigenvalue weighted by molar-refractivity contribution is 6.04. The monoisotopic (exact) mass is 202 g/mol. The summed E-state index contributed by atoms with van der Waals surface area (Å²) >= 11 is 0. The molecule has 1 amide bonds. The average molecular weight is 202 g/mol. The normalized spacial score (nSPS) is 28.3. The lowest BCUT2D eigenvalue weighted by Gasteiger charge is -2.34. The van der Waals surface area contributed by atoms with Crippen LogP contribution in [0.1, 0.15) is 13.3 Å². The van der Waals surface area contributed by atoms with Gasteiger partial charge in [0.15, 0.2) is 0 Å². The van der Waals surface area contributed by atoms with E-state index in [0.717, 1.165) is 18.7 Å². The van der Waals surface area contributed by atoms with Gasteiger partial charge in [-0.25, -0.2) is 0 Å². The van der Waals surface area contributed by atoms with E-state index in [0.29, 0.717) is 5.92 Å². The van der Waals surface area contributed by atoms with Crippen molar-refractivity contribution in [3.8, 4) is 0 Å². The number of benzene rings is 1. The van der Waals surface area contributed by atoms with Gasteiger partial charge in [-0.2, -0.15) is 0 Å². The Labute approximate surface area is 89.1 Å². The summed E-state index contributed by atoms with van der Waals surface area (Å²) in [6.45, 7) is 3.15. The Morgan fingerprint density at radius 2 is 2.20 bits per heavy atom. The number of carbonyl (C=O) groups is 1. The van der Waals surface area contributed by atoms with Gasteiger partial charge in [0.1, 0.15) is 6.04 Å². The van der Waals surface area contributed by atoms with E-state index < -0.39 is 0 Å². The minimum Gasteiger partial charge on any atom is -0.358 e. The second-order valence-corrected chi connectivity index (χ2v) is 4.41. The zero-order chi connectivity index (χ0) is 10.4. The maximum atomic E-state index is 11.9. The predicted octanol–water partition coefficient (Wildman–Crippen LogP) is 1.85. The second kappa shape index (κ2) is 2.99. The predicted molar refractivity (Wildman–Crippen MR) is 60.0 cm³/mol. The molecule has 1 aromatic rings. The Bertz CT molecular complexity index is 416. The van der Waals surface area contributed by atoms with E-state index >= 15 is 0 Å². The summed E-state index contributed by atoms with van der Waals surface area (Å²) in [4.78, 5) is 14.1. The van der Waals surface area contributed by atoms with Gasteiger partial charge in [-0.1, -0.05) is 19.1 Å². The summed E-state index contributed by atoms with van der Waals surface area (Å²) < 4.78 is 0. The van der Waals surface area contributed by atoms with Gasteiger partial charge in [0.05, 0.1) is 11.4 Å². The Hall–Kier alpha value is -1.51. The van der Waals surface area contributed by atoms with E-state index in [4.69, 9.17) is 0 Å². The fourth-order valence-electron chi connectivity index (χ4n) is 2.65. The SMILES string of the molecule is CC1CCN2c3ccccc3NC(=O)C12. The first-order valence-corrected chi connectivity index (χ1v) is 5.44. The van der Waals surface area contributed by atoms with Crippen LogP contribution in [0.25, 0.3) is 0 Å². The van der Waals surface area contributed by atoms with E-state index in [2.05, 4.69) is 23.2 Å². The standard InChI is InChI=1S/C12H14N2O/c1-8-6-7-14-10-5-3-2-4-9(10)13-12(15)11(8)14/h2-5,8,11H,6-7H2,1H3,(H,13,15). The van der Waals surface area contributed by atoms with Gasteiger partial charge in [-0.3, -0.25) is 4.79 Å². The van der Waals surface area contributed by atoms with Crippen LogP contribution < -0.4 is 10.2 Å². The summed E-state index contributed by atoms with van der Waals surface area (Å²) in [6.07, 6.45) is 1.10. The molecule has 0 spiro atoms. The van der Waals surface area contributed by atoms with Crippen LogP contribution in [0.3, 0.4) is 0 Å². The fraction of sp³-hybridized carbons (Fsp3) is 0.417. The van der Waals surface area contributed by atoms with Crippen molar-refractivity contribution in [3.63, 3.8) is 0 Å². The third-order valence-corrected chi connectivity index (χ3v) is 3.44. The van der Waals surface area contributed by atoms with Crippen molar-refractivity contribution >= 4 is 17.3 Å². The summed E-state index contributed by atoms with van der Waals surface area (Å²) in [6, 6.07) is 8.07. The molecule has 2 atom stereocenters. The highest BCUT2D eigenvalue weighted by atomic mass is 16.2. The van der Waals surface area contributed by atoms with Gasteiger partial charge < -0.3 is 10.2 Å². The first kappa shape index (κ1) is 8.77. The number of rotatable bonds is 0. The molecule has 3 nitrogen and oxygen atoms in total. The van der Waals surface area contributed by atoms with Gasteiger partial charge >= 0.3 is 0 Å². The lowest BCUT2D eigenvalue weighted by atomic mass is 10.00. The summed E-state index contributed by atoms with van der Waals surface area (Å²) in [5, 5.41) is 2.98. The molecule has 2 unspecified atom stereocenters. The maximum Gasteiger partial charge on any atom is 0.247 e. The van der Waals surface area contributed by atoms with Crippen molar-refractivity contribution in [2.45, 2.75) is 19.4 Å². The Morgan fingerprint density at radius 1 is 1.40 bits per heavy atom. The van der Waals surface area contributed by atoms with Crippen molar-refractivity contribution in [2.75, 3.05) is 16.8 Å². The molecule has 0 saturated carbocycles. The number of carbonyl (C=O) groups excluding carboxylic acids is 1. The zero-order valence-electron chi connectivity index (χ0n) is 8.73. The molecule has 3 heteroatoms. The Morgan fingerprint density at radius 3 is 3.07 bits per heavy atom. The summed E-state index contributed by atoms with van der Waals surface area (Å²) in [5.41, 5.74) is 2.12. The number of anilines is 2. The number of fused-ring (bicyclic) bond motifs is 3. The molecule has 78 valence electrons. The minimum absolute atomic E-state index is 0.0416. The highest BCUT2D eigenvalue weighted by Gasteiger charge is 2.40. The number of para-hydroxylation sites is 2. The number of nitrogens with one attached hydrogen (secondary N) is 1. The lowest BCUT2D eigenvalue weighted by Crippen LogP contribution is -2.46. The number of hydrogen-bond donors (Lipinski definition) is 1. The van der Waals surface area contributed by atoms with Crippen LogP contribution in [-0.2, 0) is 4.79 Å². The van der Waals surface area contributed by atoms with Crippen LogP contribution in [0.5, 0.6) is 0 Å². The molecule has 1 saturated heterocycles. The molecule has 1 fully saturated rings. The van der Waals surface area contributed by atoms with Crippen molar-refractivity contribution in [3.05, 3.63) is 24.3 Å². The second-order valence-electron chi connectivity index (χ2n) is 4.41. The fourth-order valence-corrected chi connectivity index (χ4v) is 2.65. The zero-order valence-corrected chi connectivity index (χ0v) is 8.73. The quantitative estimate of drug-likeness (QED) is 0.696. The molecular formula is C12H14N2O. The third-order valence-electron chi connectivity index (χ3n) is 3.44. The van der Waals surface area contributed by atoms with Crippen molar-refractivity contribution in [1.82, 2.24) is 0 Å². The van der Waals surface area contributed by atoms with E-state index in [1.165, 1.54) is 5.69 Å². The molecule has 0 bridgehead atoms. The van der Waals surface area contributed by atoms with Crippen LogP contribution in [-0.4, -0.2) is 18.5 Å². The molecule has 3 rings (SSSR count). The van der Waals surface area contributed by atoms with Gasteiger partial charge in [0.25, 0.3) is 0 Å². The molecule has 2 heterocycles. The van der Waals surface area contributed by atoms with E-state index in [1.807, 2.05) is 18.2 Å². The van der Waals surface area contributed by atoms with Gasteiger partial charge in [-0.05, 0) is 24.5 Å². The van der Waals surface area contributed by atoms with Crippen LogP contribution in [0.4, 0.5) is 11.4 Å². The maximum absolute atomic E-state index is 11.9. The van der Waals surface area contributed by atoms with Crippen molar-refractivity contribution < 1.29 is 4.79 Å². The topological polar surface area (TPSA) is 32.3 Å². The summed E-state index contributed by atoms with van der Waals surface area (Å²) in [5.74, 6) is 0.608. The van der Waals surface area contributed by atoms with E-state index in [9.17, 15) is 4.79 Å². The van der Waals surface area contributed by atoms with Gasteiger partial charge in [-0.15, -0.1) is 0 Å². The Kier molecular flexibility index (Phi) is 1.75. The molecule has 1 aromatic carbocycles. The largest absolute Gasteiger partial charge is 0.358 e. The molecule has 0 aromatic heterocycles. The highest BCUT2D eigenvalue weighted by Crippen LogP contribution is 2.38. The molecule has 2 aliphatic rings. The number of nitrogens with zero attached hydrogens (tertiary/aromatic N) is 1. The molecule has 15 heavy (non-hydrogen) atoms. The average Bonchev–Trinajstić information content (AvgIpc) is 2.62. The van der Waals surface area contributed by atoms with E-state index in [1.54, 1.807) is 0 Å². The molecule has 0 aliphatic carbocycles. The van der Waals surface area contributed by atoms with Crippen molar-refractivity contribution in [2.24, 2.45) is 5.92 Å². The Balaban J connectivity index is 2.10. The summed E-state index contributed by atoms with van der Waals surface area (Å²) in [7, 11) is 0. The van der Waals surface area contributed by atoms with Crippen LogP contribution in [0.2, 0.25) is 0 Å². The minimum atomic E-state index is 0.0416. The van der Waals surface area contributed by atoms with E-state index in [-0.39, 0.29) is 11.9 Å².